The molecule has 0 aromatic rings. The minimum absolute atomic E-state index is 0.124. The van der Waals surface area contributed by atoms with Gasteiger partial charge in [0.15, 0.2) is 0 Å². The smallest absolute Gasteiger partial charge is 0.455 e. The van der Waals surface area contributed by atoms with Crippen molar-refractivity contribution in [1.82, 2.24) is 4.90 Å². The third kappa shape index (κ3) is 2.60. The summed E-state index contributed by atoms with van der Waals surface area (Å²) in [5.74, 6) is -0.546. The van der Waals surface area contributed by atoms with Crippen LogP contribution in [0.25, 0.3) is 0 Å². The first-order chi connectivity index (χ1) is 8.23. The van der Waals surface area contributed by atoms with Crippen molar-refractivity contribution in [2.75, 3.05) is 18.2 Å². The molecule has 1 aliphatic heterocycles. The zero-order valence-corrected chi connectivity index (χ0v) is 10.7. The second-order valence-corrected chi connectivity index (χ2v) is 6.63. The van der Waals surface area contributed by atoms with Crippen molar-refractivity contribution < 1.29 is 31.3 Å². The Bertz CT molecular complexity index is 448. The maximum Gasteiger partial charge on any atom is 0.465 e. The van der Waals surface area contributed by atoms with Gasteiger partial charge < -0.3 is 4.74 Å². The van der Waals surface area contributed by atoms with E-state index in [1.54, 1.807) is 11.8 Å². The summed E-state index contributed by atoms with van der Waals surface area (Å²) in [7, 11) is -5.78. The number of halogens is 2. The highest BCUT2D eigenvalue weighted by molar-refractivity contribution is 7.99. The minimum atomic E-state index is -5.78. The number of carbonyl (C=O) groups excluding carboxylic acids is 1. The molecule has 2 unspecified atom stereocenters. The van der Waals surface area contributed by atoms with Crippen molar-refractivity contribution in [3.8, 4) is 0 Å². The van der Waals surface area contributed by atoms with Crippen molar-refractivity contribution in [1.29, 1.82) is 0 Å². The fraction of sp³-hybridized carbons (Fsp3) is 0.875. The minimum Gasteiger partial charge on any atom is -0.455 e. The Morgan fingerprint density at radius 3 is 2.67 bits per heavy atom. The lowest BCUT2D eigenvalue weighted by atomic mass is 10.5. The van der Waals surface area contributed by atoms with Crippen molar-refractivity contribution in [2.24, 2.45) is 0 Å². The molecular weight excluding hydrogens is 292 g/mol. The molecule has 1 saturated carbocycles. The quantitative estimate of drug-likeness (QED) is 0.585. The van der Waals surface area contributed by atoms with E-state index < -0.39 is 27.4 Å². The molecule has 0 spiro atoms. The molecule has 1 N–H and O–H groups in total. The van der Waals surface area contributed by atoms with Gasteiger partial charge in [0.1, 0.15) is 6.10 Å². The fourth-order valence-corrected chi connectivity index (χ4v) is 2.98. The van der Waals surface area contributed by atoms with Crippen molar-refractivity contribution in [3.05, 3.63) is 0 Å². The summed E-state index contributed by atoms with van der Waals surface area (Å²) >= 11 is 1.68. The van der Waals surface area contributed by atoms with Crippen LogP contribution in [0, 0.1) is 0 Å². The number of carbonyl (C=O) groups is 1. The molecule has 0 aromatic carbocycles. The predicted molar refractivity (Wildman–Crippen MR) is 58.8 cm³/mol. The number of ether oxygens (including phenoxy) is 1. The Morgan fingerprint density at radius 2 is 2.17 bits per heavy atom. The van der Waals surface area contributed by atoms with Gasteiger partial charge in [0, 0.05) is 24.6 Å². The third-order valence-electron chi connectivity index (χ3n) is 2.77. The van der Waals surface area contributed by atoms with Gasteiger partial charge in [-0.25, -0.2) is 4.79 Å². The van der Waals surface area contributed by atoms with Crippen LogP contribution in [0.2, 0.25) is 0 Å². The predicted octanol–water partition coefficient (Wildman–Crippen LogP) is 0.157. The monoisotopic (exact) mass is 303 g/mol. The number of thioether (sulfide) groups is 1. The maximum absolute atomic E-state index is 12.9. The molecule has 0 bridgehead atoms. The first kappa shape index (κ1) is 14.0. The largest absolute Gasteiger partial charge is 0.465 e. The standard InChI is InChI=1S/C8H11F2NO5S2/c9-8(10,18(13,14)15)7(12)16-6-3-5(6)11-1-2-17-4-11/h5-6H,1-4H2,(H,13,14,15). The maximum atomic E-state index is 12.9. The lowest BCUT2D eigenvalue weighted by Gasteiger charge is -2.15. The van der Waals surface area contributed by atoms with E-state index in [0.29, 0.717) is 6.42 Å². The summed E-state index contributed by atoms with van der Waals surface area (Å²) in [5, 5.41) is -4.90. The summed E-state index contributed by atoms with van der Waals surface area (Å²) < 4.78 is 59.1. The summed E-state index contributed by atoms with van der Waals surface area (Å²) in [6.45, 7) is 0.790. The molecule has 2 atom stereocenters. The summed E-state index contributed by atoms with van der Waals surface area (Å²) in [5.41, 5.74) is 0. The summed E-state index contributed by atoms with van der Waals surface area (Å²) in [4.78, 5) is 13.0. The Morgan fingerprint density at radius 1 is 1.50 bits per heavy atom. The van der Waals surface area contributed by atoms with E-state index in [2.05, 4.69) is 4.74 Å². The SMILES string of the molecule is O=C(OC1CC1N1CCSC1)C(F)(F)S(=O)(=O)O. The number of nitrogens with zero attached hydrogens (tertiary/aromatic N) is 1. The molecule has 2 aliphatic rings. The van der Waals surface area contributed by atoms with Crippen LogP contribution in [0.3, 0.4) is 0 Å². The lowest BCUT2D eigenvalue weighted by molar-refractivity contribution is -0.163. The second-order valence-electron chi connectivity index (χ2n) is 4.09. The Hall–Kier alpha value is -0.450. The summed E-state index contributed by atoms with van der Waals surface area (Å²) in [6, 6.07) is -0.124. The Balaban J connectivity index is 1.90. The van der Waals surface area contributed by atoms with E-state index in [1.807, 2.05) is 4.90 Å². The molecule has 0 amide bonds. The highest BCUT2D eigenvalue weighted by atomic mass is 32.2. The van der Waals surface area contributed by atoms with Crippen LogP contribution >= 0.6 is 11.8 Å². The van der Waals surface area contributed by atoms with Gasteiger partial charge in [0.25, 0.3) is 0 Å². The van der Waals surface area contributed by atoms with Gasteiger partial charge >= 0.3 is 21.3 Å². The molecule has 2 fully saturated rings. The molecule has 6 nitrogen and oxygen atoms in total. The van der Waals surface area contributed by atoms with E-state index in [1.165, 1.54) is 0 Å². The van der Waals surface area contributed by atoms with Gasteiger partial charge in [-0.05, 0) is 0 Å². The number of alkyl halides is 2. The molecule has 1 heterocycles. The van der Waals surface area contributed by atoms with Crippen LogP contribution in [0.5, 0.6) is 0 Å². The normalized spacial score (nSPS) is 29.3. The second kappa shape index (κ2) is 4.58. The third-order valence-corrected chi connectivity index (χ3v) is 4.57. The molecule has 18 heavy (non-hydrogen) atoms. The first-order valence-corrected chi connectivity index (χ1v) is 7.70. The highest BCUT2D eigenvalue weighted by Crippen LogP contribution is 2.36. The highest BCUT2D eigenvalue weighted by Gasteiger charge is 2.57. The number of hydrogen-bond donors (Lipinski definition) is 1. The van der Waals surface area contributed by atoms with Crippen molar-refractivity contribution in [3.63, 3.8) is 0 Å². The van der Waals surface area contributed by atoms with Gasteiger partial charge in [0.2, 0.25) is 0 Å². The fourth-order valence-electron chi connectivity index (χ4n) is 1.67. The molecule has 0 aromatic heterocycles. The molecular formula is C8H11F2NO5S2. The van der Waals surface area contributed by atoms with E-state index in [-0.39, 0.29) is 6.04 Å². The average molecular weight is 303 g/mol. The van der Waals surface area contributed by atoms with Crippen LogP contribution in [-0.4, -0.2) is 59.4 Å². The van der Waals surface area contributed by atoms with Crippen LogP contribution < -0.4 is 0 Å². The molecule has 2 rings (SSSR count). The van der Waals surface area contributed by atoms with Gasteiger partial charge in [-0.15, -0.1) is 11.8 Å². The van der Waals surface area contributed by atoms with E-state index in [4.69, 9.17) is 4.55 Å². The average Bonchev–Trinajstić information content (AvgIpc) is 2.79. The lowest BCUT2D eigenvalue weighted by Crippen LogP contribution is -2.40. The van der Waals surface area contributed by atoms with E-state index in [9.17, 15) is 22.0 Å². The zero-order chi connectivity index (χ0) is 13.6. The van der Waals surface area contributed by atoms with Gasteiger partial charge in [-0.2, -0.15) is 17.2 Å². The number of esters is 1. The molecule has 1 saturated heterocycles. The zero-order valence-electron chi connectivity index (χ0n) is 9.08. The van der Waals surface area contributed by atoms with Crippen LogP contribution in [0.1, 0.15) is 6.42 Å². The number of hydrogen-bond acceptors (Lipinski definition) is 6. The Kier molecular flexibility index (Phi) is 3.56. The first-order valence-electron chi connectivity index (χ1n) is 5.11. The molecule has 0 radical (unpaired) electrons. The summed E-state index contributed by atoms with van der Waals surface area (Å²) in [6.07, 6.45) is -0.308. The number of rotatable bonds is 4. The molecule has 1 aliphatic carbocycles. The van der Waals surface area contributed by atoms with Gasteiger partial charge in [-0.1, -0.05) is 0 Å². The molecule has 104 valence electrons. The Labute approximate surface area is 106 Å². The van der Waals surface area contributed by atoms with Crippen molar-refractivity contribution >= 4 is 27.8 Å². The molecule has 10 heteroatoms. The van der Waals surface area contributed by atoms with Crippen molar-refractivity contribution in [2.45, 2.75) is 23.8 Å². The van der Waals surface area contributed by atoms with Gasteiger partial charge in [0.05, 0.1) is 6.04 Å². The van der Waals surface area contributed by atoms with Gasteiger partial charge in [-0.3, -0.25) is 9.45 Å². The van der Waals surface area contributed by atoms with E-state index >= 15 is 0 Å². The van der Waals surface area contributed by atoms with E-state index in [0.717, 1.165) is 18.2 Å². The van der Waals surface area contributed by atoms with Crippen LogP contribution in [-0.2, 0) is 19.6 Å². The van der Waals surface area contributed by atoms with Crippen LogP contribution in [0.4, 0.5) is 8.78 Å². The topological polar surface area (TPSA) is 83.9 Å². The van der Waals surface area contributed by atoms with Crippen LogP contribution in [0.15, 0.2) is 0 Å².